The Morgan fingerprint density at radius 3 is 2.14 bits per heavy atom. The second kappa shape index (κ2) is 15.9. The molecule has 0 fully saturated rings. The molecule has 0 aliphatic carbocycles. The van der Waals surface area contributed by atoms with Crippen molar-refractivity contribution in [2.75, 3.05) is 13.2 Å². The van der Waals surface area contributed by atoms with Crippen molar-refractivity contribution in [2.24, 2.45) is 22.2 Å². The van der Waals surface area contributed by atoms with Gasteiger partial charge in [0.15, 0.2) is 5.96 Å². The summed E-state index contributed by atoms with van der Waals surface area (Å²) in [6.07, 6.45) is 2.40. The van der Waals surface area contributed by atoms with Crippen molar-refractivity contribution in [3.63, 3.8) is 0 Å². The molecule has 4 atom stereocenters. The van der Waals surface area contributed by atoms with Gasteiger partial charge >= 0.3 is 5.97 Å². The van der Waals surface area contributed by atoms with Crippen LogP contribution in [0.5, 0.6) is 0 Å². The van der Waals surface area contributed by atoms with E-state index in [2.05, 4.69) is 25.9 Å². The predicted octanol–water partition coefficient (Wildman–Crippen LogP) is -1.13. The number of H-pyrrole nitrogens is 1. The number of aliphatic hydroxyl groups is 1. The summed E-state index contributed by atoms with van der Waals surface area (Å²) in [5, 5.41) is 27.9. The predicted molar refractivity (Wildman–Crippen MR) is 161 cm³/mol. The Hall–Kier alpha value is -4.95. The van der Waals surface area contributed by atoms with Crippen molar-refractivity contribution in [2.45, 2.75) is 49.9 Å². The van der Waals surface area contributed by atoms with E-state index in [4.69, 9.17) is 17.2 Å². The van der Waals surface area contributed by atoms with E-state index in [1.807, 2.05) is 24.3 Å². The maximum Gasteiger partial charge on any atom is 0.326 e. The maximum atomic E-state index is 13.5. The standard InChI is InChI=1S/C29H38N8O6/c30-20(10-6-12-33-29(31)32)25(39)35-22(14-18-15-34-21-11-5-4-9-19(18)21)26(40)37-24(16-38)27(41)36-23(28(42)43)13-17-7-2-1-3-8-17/h1-5,7-9,11,15,20,22-24,34,38H,6,10,12-14,16,30H2,(H,35,39)(H,36,41)(H,37,40)(H,42,43)(H4,31,32,33). The molecule has 1 heterocycles. The van der Waals surface area contributed by atoms with Gasteiger partial charge in [0.2, 0.25) is 17.7 Å². The fourth-order valence-electron chi connectivity index (χ4n) is 4.45. The molecule has 2 aromatic carbocycles. The number of carbonyl (C=O) groups excluding carboxylic acids is 3. The molecule has 0 saturated carbocycles. The molecule has 43 heavy (non-hydrogen) atoms. The normalized spacial score (nSPS) is 13.7. The quantitative estimate of drug-likeness (QED) is 0.0551. The summed E-state index contributed by atoms with van der Waals surface area (Å²) in [6, 6.07) is 11.2. The summed E-state index contributed by atoms with van der Waals surface area (Å²) in [7, 11) is 0. The number of para-hydroxylation sites is 1. The molecule has 3 amide bonds. The van der Waals surface area contributed by atoms with Crippen LogP contribution in [0.4, 0.5) is 0 Å². The monoisotopic (exact) mass is 594 g/mol. The molecule has 14 heteroatoms. The number of guanidine groups is 1. The average molecular weight is 595 g/mol. The number of carbonyl (C=O) groups is 4. The lowest BCUT2D eigenvalue weighted by molar-refractivity contribution is -0.142. The first-order valence-electron chi connectivity index (χ1n) is 13.7. The highest BCUT2D eigenvalue weighted by Gasteiger charge is 2.30. The molecular formula is C29H38N8O6. The Bertz CT molecular complexity index is 1420. The van der Waals surface area contributed by atoms with Crippen molar-refractivity contribution in [1.82, 2.24) is 20.9 Å². The zero-order valence-corrected chi connectivity index (χ0v) is 23.5. The number of aromatic nitrogens is 1. The highest BCUT2D eigenvalue weighted by molar-refractivity contribution is 5.95. The number of rotatable bonds is 16. The summed E-state index contributed by atoms with van der Waals surface area (Å²) < 4.78 is 0. The number of benzene rings is 2. The minimum atomic E-state index is -1.49. The van der Waals surface area contributed by atoms with Crippen molar-refractivity contribution in [3.05, 3.63) is 71.9 Å². The van der Waals surface area contributed by atoms with Gasteiger partial charge in [-0.3, -0.25) is 19.4 Å². The molecule has 0 aliphatic heterocycles. The molecule has 12 N–H and O–H groups in total. The van der Waals surface area contributed by atoms with Gasteiger partial charge in [-0.25, -0.2) is 4.79 Å². The topological polar surface area (TPSA) is 251 Å². The SMILES string of the molecule is NC(N)=NCCCC(N)C(=O)NC(Cc1c[nH]c2ccccc12)C(=O)NC(CO)C(=O)NC(Cc1ccccc1)C(=O)O. The van der Waals surface area contributed by atoms with E-state index in [-0.39, 0.29) is 31.8 Å². The van der Waals surface area contributed by atoms with Gasteiger partial charge in [0, 0.05) is 36.5 Å². The second-order valence-electron chi connectivity index (χ2n) is 10.0. The first-order valence-corrected chi connectivity index (χ1v) is 13.7. The van der Waals surface area contributed by atoms with Crippen LogP contribution in [0.1, 0.15) is 24.0 Å². The number of fused-ring (bicyclic) bond motifs is 1. The van der Waals surface area contributed by atoms with E-state index in [0.717, 1.165) is 16.5 Å². The Kier molecular flexibility index (Phi) is 12.0. The van der Waals surface area contributed by atoms with E-state index in [1.54, 1.807) is 36.5 Å². The lowest BCUT2D eigenvalue weighted by Gasteiger charge is -2.24. The largest absolute Gasteiger partial charge is 0.480 e. The number of nitrogens with one attached hydrogen (secondary N) is 4. The van der Waals surface area contributed by atoms with Gasteiger partial charge in [-0.1, -0.05) is 48.5 Å². The molecule has 0 radical (unpaired) electrons. The molecule has 3 aromatic rings. The molecule has 1 aromatic heterocycles. The Morgan fingerprint density at radius 1 is 0.837 bits per heavy atom. The van der Waals surface area contributed by atoms with Gasteiger partial charge in [0.1, 0.15) is 18.1 Å². The van der Waals surface area contributed by atoms with E-state index < -0.39 is 54.5 Å². The summed E-state index contributed by atoms with van der Waals surface area (Å²) in [4.78, 5) is 58.2. The zero-order chi connectivity index (χ0) is 31.4. The minimum absolute atomic E-state index is 0.00563. The van der Waals surface area contributed by atoms with Crippen LogP contribution in [-0.2, 0) is 32.0 Å². The summed E-state index contributed by atoms with van der Waals surface area (Å²) in [5.74, 6) is -3.63. The second-order valence-corrected chi connectivity index (χ2v) is 10.0. The first kappa shape index (κ1) is 32.6. The molecule has 0 bridgehead atoms. The molecular weight excluding hydrogens is 556 g/mol. The number of aliphatic carboxylic acids is 1. The fourth-order valence-corrected chi connectivity index (χ4v) is 4.45. The number of carboxylic acid groups (broad SMARTS) is 1. The molecule has 4 unspecified atom stereocenters. The van der Waals surface area contributed by atoms with Crippen LogP contribution < -0.4 is 33.2 Å². The minimum Gasteiger partial charge on any atom is -0.480 e. The lowest BCUT2D eigenvalue weighted by Crippen LogP contribution is -2.58. The number of aromatic amines is 1. The van der Waals surface area contributed by atoms with E-state index in [1.165, 1.54) is 0 Å². The molecule has 3 rings (SSSR count). The maximum absolute atomic E-state index is 13.5. The van der Waals surface area contributed by atoms with Crippen LogP contribution >= 0.6 is 0 Å². The Balaban J connectivity index is 1.73. The molecule has 14 nitrogen and oxygen atoms in total. The van der Waals surface area contributed by atoms with Crippen molar-refractivity contribution < 1.29 is 29.4 Å². The smallest absolute Gasteiger partial charge is 0.326 e. The van der Waals surface area contributed by atoms with E-state index >= 15 is 0 Å². The highest BCUT2D eigenvalue weighted by Crippen LogP contribution is 2.19. The molecule has 230 valence electrons. The van der Waals surface area contributed by atoms with Gasteiger partial charge in [0.05, 0.1) is 12.6 Å². The van der Waals surface area contributed by atoms with E-state index in [0.29, 0.717) is 12.0 Å². The van der Waals surface area contributed by atoms with Crippen LogP contribution in [0.2, 0.25) is 0 Å². The third-order valence-corrected chi connectivity index (χ3v) is 6.75. The lowest BCUT2D eigenvalue weighted by atomic mass is 10.0. The first-order chi connectivity index (χ1) is 20.6. The van der Waals surface area contributed by atoms with Gasteiger partial charge in [-0.2, -0.15) is 0 Å². The van der Waals surface area contributed by atoms with Crippen LogP contribution in [0, 0.1) is 0 Å². The summed E-state index contributed by atoms with van der Waals surface area (Å²) >= 11 is 0. The summed E-state index contributed by atoms with van der Waals surface area (Å²) in [6.45, 7) is -0.537. The van der Waals surface area contributed by atoms with Crippen LogP contribution in [0.3, 0.4) is 0 Å². The van der Waals surface area contributed by atoms with Crippen LogP contribution in [-0.4, -0.2) is 82.2 Å². The number of amides is 3. The number of hydrogen-bond donors (Lipinski definition) is 9. The van der Waals surface area contributed by atoms with E-state index in [9.17, 15) is 29.4 Å². The van der Waals surface area contributed by atoms with Crippen molar-refractivity contribution in [3.8, 4) is 0 Å². The molecule has 0 saturated heterocycles. The number of carboxylic acids is 1. The number of aliphatic imine (C=N–C) groups is 1. The molecule has 0 aliphatic rings. The number of nitrogens with zero attached hydrogens (tertiary/aromatic N) is 1. The van der Waals surface area contributed by atoms with Gasteiger partial charge in [-0.05, 0) is 30.0 Å². The number of aliphatic hydroxyl groups excluding tert-OH is 1. The third-order valence-electron chi connectivity index (χ3n) is 6.75. The van der Waals surface area contributed by atoms with Gasteiger partial charge in [0.25, 0.3) is 0 Å². The molecule has 0 spiro atoms. The third kappa shape index (κ3) is 9.83. The van der Waals surface area contributed by atoms with Gasteiger partial charge < -0.3 is 48.3 Å². The number of hydrogen-bond acceptors (Lipinski definition) is 7. The fraction of sp³-hybridized carbons (Fsp3) is 0.345. The van der Waals surface area contributed by atoms with Crippen LogP contribution in [0.25, 0.3) is 10.9 Å². The van der Waals surface area contributed by atoms with Gasteiger partial charge in [-0.15, -0.1) is 0 Å². The van der Waals surface area contributed by atoms with Crippen molar-refractivity contribution in [1.29, 1.82) is 0 Å². The summed E-state index contributed by atoms with van der Waals surface area (Å²) in [5.41, 5.74) is 18.9. The Labute approximate surface area is 248 Å². The number of nitrogens with two attached hydrogens (primary N) is 3. The average Bonchev–Trinajstić information content (AvgIpc) is 3.40. The Morgan fingerprint density at radius 2 is 1.47 bits per heavy atom. The van der Waals surface area contributed by atoms with Crippen LogP contribution in [0.15, 0.2) is 65.8 Å². The highest BCUT2D eigenvalue weighted by atomic mass is 16.4. The van der Waals surface area contributed by atoms with Crippen molar-refractivity contribution >= 4 is 40.6 Å². The zero-order valence-electron chi connectivity index (χ0n) is 23.5.